The Morgan fingerprint density at radius 3 is 2.47 bits per heavy atom. The van der Waals surface area contributed by atoms with Crippen LogP contribution in [0.1, 0.15) is 31.3 Å². The van der Waals surface area contributed by atoms with Gasteiger partial charge in [0.1, 0.15) is 0 Å². The Hall–Kier alpha value is -1.04. The van der Waals surface area contributed by atoms with Crippen LogP contribution in [0.3, 0.4) is 0 Å². The van der Waals surface area contributed by atoms with Crippen molar-refractivity contribution in [1.82, 2.24) is 15.1 Å². The molecule has 1 aromatic rings. The first-order chi connectivity index (χ1) is 6.86. The summed E-state index contributed by atoms with van der Waals surface area (Å²) in [5.41, 5.74) is -0.290. The van der Waals surface area contributed by atoms with Crippen molar-refractivity contribution in [2.75, 3.05) is 7.05 Å². The third kappa shape index (κ3) is 2.71. The Balaban J connectivity index is 3.09. The fourth-order valence-electron chi connectivity index (χ4n) is 1.33. The molecule has 0 aliphatic carbocycles. The summed E-state index contributed by atoms with van der Waals surface area (Å²) in [5, 5.41) is 6.37. The van der Waals surface area contributed by atoms with Crippen LogP contribution in [-0.4, -0.2) is 16.8 Å². The molecule has 0 amide bonds. The maximum atomic E-state index is 12.4. The summed E-state index contributed by atoms with van der Waals surface area (Å²) in [6.07, 6.45) is -4.37. The lowest BCUT2D eigenvalue weighted by atomic mass is 10.3. The van der Waals surface area contributed by atoms with Gasteiger partial charge in [0.2, 0.25) is 0 Å². The third-order valence-corrected chi connectivity index (χ3v) is 1.95. The number of halogens is 3. The van der Waals surface area contributed by atoms with Gasteiger partial charge in [0.05, 0.1) is 5.69 Å². The minimum absolute atomic E-state index is 0.0792. The van der Waals surface area contributed by atoms with Gasteiger partial charge in [0.15, 0.2) is 5.69 Å². The van der Waals surface area contributed by atoms with Crippen molar-refractivity contribution in [1.29, 1.82) is 0 Å². The van der Waals surface area contributed by atoms with E-state index in [-0.39, 0.29) is 6.04 Å². The average molecular weight is 221 g/mol. The van der Waals surface area contributed by atoms with E-state index in [4.69, 9.17) is 0 Å². The van der Waals surface area contributed by atoms with E-state index >= 15 is 0 Å². The summed E-state index contributed by atoms with van der Waals surface area (Å²) in [4.78, 5) is 0. The van der Waals surface area contributed by atoms with E-state index in [1.54, 1.807) is 20.9 Å². The van der Waals surface area contributed by atoms with E-state index in [1.165, 1.54) is 4.68 Å². The third-order valence-electron chi connectivity index (χ3n) is 1.95. The van der Waals surface area contributed by atoms with Gasteiger partial charge in [-0.3, -0.25) is 4.68 Å². The van der Waals surface area contributed by atoms with Crippen molar-refractivity contribution >= 4 is 0 Å². The van der Waals surface area contributed by atoms with E-state index in [0.717, 1.165) is 6.07 Å². The Labute approximate surface area is 86.3 Å². The lowest BCUT2D eigenvalue weighted by molar-refractivity contribution is -0.141. The first-order valence-electron chi connectivity index (χ1n) is 4.66. The highest BCUT2D eigenvalue weighted by Gasteiger charge is 2.34. The zero-order chi connectivity index (χ0) is 11.6. The van der Waals surface area contributed by atoms with E-state index in [2.05, 4.69) is 10.4 Å². The molecule has 0 fully saturated rings. The molecule has 86 valence electrons. The molecule has 1 heterocycles. The molecule has 0 bridgehead atoms. The van der Waals surface area contributed by atoms with Crippen LogP contribution in [-0.2, 0) is 12.7 Å². The van der Waals surface area contributed by atoms with Gasteiger partial charge in [-0.25, -0.2) is 0 Å². The smallest absolute Gasteiger partial charge is 0.314 e. The quantitative estimate of drug-likeness (QED) is 0.848. The van der Waals surface area contributed by atoms with E-state index in [1.807, 2.05) is 0 Å². The molecular formula is C9H14F3N3. The predicted molar refractivity (Wildman–Crippen MR) is 50.4 cm³/mol. The number of rotatable bonds is 3. The van der Waals surface area contributed by atoms with Crippen molar-refractivity contribution < 1.29 is 13.2 Å². The number of nitrogens with zero attached hydrogens (tertiary/aromatic N) is 2. The normalized spacial score (nSPS) is 12.5. The molecule has 0 unspecified atom stereocenters. The summed E-state index contributed by atoms with van der Waals surface area (Å²) in [5.74, 6) is 0. The van der Waals surface area contributed by atoms with E-state index < -0.39 is 11.9 Å². The van der Waals surface area contributed by atoms with Gasteiger partial charge < -0.3 is 5.32 Å². The highest BCUT2D eigenvalue weighted by Crippen LogP contribution is 2.29. The van der Waals surface area contributed by atoms with E-state index in [0.29, 0.717) is 12.2 Å². The zero-order valence-electron chi connectivity index (χ0n) is 8.89. The summed E-state index contributed by atoms with van der Waals surface area (Å²) in [6.45, 7) is 3.97. The Bertz CT molecular complexity index is 328. The van der Waals surface area contributed by atoms with Crippen LogP contribution in [0.4, 0.5) is 13.2 Å². The average Bonchev–Trinajstić information content (AvgIpc) is 2.48. The van der Waals surface area contributed by atoms with Crippen LogP contribution in [0, 0.1) is 0 Å². The molecule has 1 N–H and O–H groups in total. The number of hydrogen-bond acceptors (Lipinski definition) is 2. The van der Waals surface area contributed by atoms with Crippen LogP contribution >= 0.6 is 0 Å². The fourth-order valence-corrected chi connectivity index (χ4v) is 1.33. The fraction of sp³-hybridized carbons (Fsp3) is 0.667. The van der Waals surface area contributed by atoms with Gasteiger partial charge in [-0.1, -0.05) is 0 Å². The van der Waals surface area contributed by atoms with Gasteiger partial charge in [0.25, 0.3) is 0 Å². The van der Waals surface area contributed by atoms with Gasteiger partial charge in [-0.15, -0.1) is 0 Å². The maximum absolute atomic E-state index is 12.4. The monoisotopic (exact) mass is 221 g/mol. The number of hydrogen-bond donors (Lipinski definition) is 1. The second kappa shape index (κ2) is 4.22. The largest absolute Gasteiger partial charge is 0.435 e. The van der Waals surface area contributed by atoms with Gasteiger partial charge in [-0.05, 0) is 27.0 Å². The molecule has 0 aromatic carbocycles. The van der Waals surface area contributed by atoms with Crippen LogP contribution < -0.4 is 5.32 Å². The van der Waals surface area contributed by atoms with Gasteiger partial charge >= 0.3 is 6.18 Å². The second-order valence-electron chi connectivity index (χ2n) is 3.59. The van der Waals surface area contributed by atoms with Crippen molar-refractivity contribution in [2.24, 2.45) is 0 Å². The number of nitrogens with one attached hydrogen (secondary N) is 1. The molecule has 15 heavy (non-hydrogen) atoms. The summed E-state index contributed by atoms with van der Waals surface area (Å²) in [6, 6.07) is 1.00. The van der Waals surface area contributed by atoms with E-state index in [9.17, 15) is 13.2 Å². The lowest BCUT2D eigenvalue weighted by Gasteiger charge is -2.10. The molecule has 0 spiro atoms. The Morgan fingerprint density at radius 1 is 1.47 bits per heavy atom. The molecule has 0 atom stereocenters. The first kappa shape index (κ1) is 12.0. The number of alkyl halides is 3. The zero-order valence-corrected chi connectivity index (χ0v) is 8.89. The SMILES string of the molecule is CNCc1cc(C(F)(F)F)nn1C(C)C. The second-order valence-corrected chi connectivity index (χ2v) is 3.59. The number of aromatic nitrogens is 2. The highest BCUT2D eigenvalue weighted by molar-refractivity contribution is 5.13. The van der Waals surface area contributed by atoms with Crippen LogP contribution in [0.15, 0.2) is 6.07 Å². The molecule has 6 heteroatoms. The molecular weight excluding hydrogens is 207 g/mol. The van der Waals surface area contributed by atoms with Crippen LogP contribution in [0.5, 0.6) is 0 Å². The topological polar surface area (TPSA) is 29.9 Å². The summed E-state index contributed by atoms with van der Waals surface area (Å²) >= 11 is 0. The summed E-state index contributed by atoms with van der Waals surface area (Å²) in [7, 11) is 1.69. The lowest BCUT2D eigenvalue weighted by Crippen LogP contribution is -2.14. The van der Waals surface area contributed by atoms with Crippen molar-refractivity contribution in [3.05, 3.63) is 17.5 Å². The minimum Gasteiger partial charge on any atom is -0.314 e. The molecule has 1 aromatic heterocycles. The Kier molecular flexibility index (Phi) is 3.38. The molecule has 3 nitrogen and oxygen atoms in total. The molecule has 0 aliphatic rings. The predicted octanol–water partition coefficient (Wildman–Crippen LogP) is 2.20. The van der Waals surface area contributed by atoms with Crippen molar-refractivity contribution in [2.45, 2.75) is 32.6 Å². The minimum atomic E-state index is -4.37. The molecule has 0 saturated carbocycles. The van der Waals surface area contributed by atoms with Gasteiger partial charge in [-0.2, -0.15) is 18.3 Å². The first-order valence-corrected chi connectivity index (χ1v) is 4.66. The maximum Gasteiger partial charge on any atom is 0.435 e. The molecule has 0 saturated heterocycles. The van der Waals surface area contributed by atoms with Gasteiger partial charge in [0, 0.05) is 12.6 Å². The summed E-state index contributed by atoms with van der Waals surface area (Å²) < 4.78 is 38.6. The standard InChI is InChI=1S/C9H14F3N3/c1-6(2)15-7(5-13-3)4-8(14-15)9(10,11)12/h4,6,13H,5H2,1-3H3. The van der Waals surface area contributed by atoms with Crippen LogP contribution in [0.2, 0.25) is 0 Å². The van der Waals surface area contributed by atoms with Crippen molar-refractivity contribution in [3.63, 3.8) is 0 Å². The van der Waals surface area contributed by atoms with Crippen LogP contribution in [0.25, 0.3) is 0 Å². The highest BCUT2D eigenvalue weighted by atomic mass is 19.4. The van der Waals surface area contributed by atoms with Crippen molar-refractivity contribution in [3.8, 4) is 0 Å². The molecule has 0 radical (unpaired) electrons. The molecule has 1 rings (SSSR count). The molecule has 0 aliphatic heterocycles. The Morgan fingerprint density at radius 2 is 2.07 bits per heavy atom.